The number of carbonyl (C=O) groups excluding carboxylic acids is 1. The van der Waals surface area contributed by atoms with Crippen LogP contribution >= 0.6 is 0 Å². The quantitative estimate of drug-likeness (QED) is 0.834. The minimum absolute atomic E-state index is 0.150. The number of aliphatic carboxylic acids is 1. The summed E-state index contributed by atoms with van der Waals surface area (Å²) in [5.41, 5.74) is 0. The van der Waals surface area contributed by atoms with Gasteiger partial charge in [0.2, 0.25) is 0 Å². The Morgan fingerprint density at radius 1 is 1.26 bits per heavy atom. The molecule has 1 fully saturated rings. The van der Waals surface area contributed by atoms with Crippen LogP contribution in [0.3, 0.4) is 0 Å². The average Bonchev–Trinajstić information content (AvgIpc) is 2.36. The second-order valence-corrected chi connectivity index (χ2v) is 5.54. The molecule has 2 amide bonds. The molecular formula is C14H26N2O3. The fourth-order valence-electron chi connectivity index (χ4n) is 2.91. The molecule has 0 radical (unpaired) electrons. The van der Waals surface area contributed by atoms with E-state index in [-0.39, 0.29) is 18.6 Å². The van der Waals surface area contributed by atoms with Crippen molar-refractivity contribution < 1.29 is 14.7 Å². The first kappa shape index (κ1) is 15.8. The Labute approximate surface area is 115 Å². The number of nitrogens with zero attached hydrogens (tertiary/aromatic N) is 2. The van der Waals surface area contributed by atoms with Crippen molar-refractivity contribution in [3.8, 4) is 0 Å². The van der Waals surface area contributed by atoms with Gasteiger partial charge in [0.1, 0.15) is 6.54 Å². The molecule has 0 spiro atoms. The third-order valence-corrected chi connectivity index (χ3v) is 3.96. The van der Waals surface area contributed by atoms with Gasteiger partial charge in [0, 0.05) is 19.6 Å². The summed E-state index contributed by atoms with van der Waals surface area (Å²) in [7, 11) is 1.80. The molecule has 0 aromatic heterocycles. The molecule has 2 atom stereocenters. The highest BCUT2D eigenvalue weighted by atomic mass is 16.4. The molecule has 0 aromatic rings. The van der Waals surface area contributed by atoms with E-state index >= 15 is 0 Å². The summed E-state index contributed by atoms with van der Waals surface area (Å²) in [5.74, 6) is -0.456. The summed E-state index contributed by atoms with van der Waals surface area (Å²) >= 11 is 0. The second-order valence-electron chi connectivity index (χ2n) is 5.54. The minimum atomic E-state index is -0.952. The van der Waals surface area contributed by atoms with Gasteiger partial charge in [0.25, 0.3) is 0 Å². The Bertz CT molecular complexity index is 320. The van der Waals surface area contributed by atoms with Crippen molar-refractivity contribution in [1.29, 1.82) is 0 Å². The summed E-state index contributed by atoms with van der Waals surface area (Å²) in [6.07, 6.45) is 5.32. The normalized spacial score (nSPS) is 22.9. The second kappa shape index (κ2) is 7.36. The summed E-state index contributed by atoms with van der Waals surface area (Å²) in [5, 5.41) is 8.89. The molecule has 1 saturated carbocycles. The number of urea groups is 1. The monoisotopic (exact) mass is 270 g/mol. The number of hydrogen-bond acceptors (Lipinski definition) is 2. The third-order valence-electron chi connectivity index (χ3n) is 3.96. The third kappa shape index (κ3) is 4.40. The maximum absolute atomic E-state index is 12.4. The van der Waals surface area contributed by atoms with E-state index in [1.54, 1.807) is 11.9 Å². The van der Waals surface area contributed by atoms with Gasteiger partial charge in [-0.1, -0.05) is 26.7 Å². The van der Waals surface area contributed by atoms with Crippen LogP contribution in [-0.4, -0.2) is 53.1 Å². The van der Waals surface area contributed by atoms with Gasteiger partial charge in [0.05, 0.1) is 0 Å². The minimum Gasteiger partial charge on any atom is -0.480 e. The van der Waals surface area contributed by atoms with E-state index < -0.39 is 5.97 Å². The number of carboxylic acid groups (broad SMARTS) is 1. The lowest BCUT2D eigenvalue weighted by Crippen LogP contribution is -2.50. The van der Waals surface area contributed by atoms with Gasteiger partial charge in [-0.05, 0) is 25.2 Å². The number of carbonyl (C=O) groups is 2. The number of amides is 2. The molecule has 1 aliphatic carbocycles. The van der Waals surface area contributed by atoms with E-state index in [1.807, 2.05) is 6.92 Å². The Balaban J connectivity index is 2.68. The Morgan fingerprint density at radius 3 is 2.42 bits per heavy atom. The lowest BCUT2D eigenvalue weighted by atomic mass is 9.85. The smallest absolute Gasteiger partial charge is 0.323 e. The van der Waals surface area contributed by atoms with E-state index in [9.17, 15) is 9.59 Å². The molecule has 0 saturated heterocycles. The van der Waals surface area contributed by atoms with Crippen LogP contribution in [0.5, 0.6) is 0 Å². The topological polar surface area (TPSA) is 60.9 Å². The van der Waals surface area contributed by atoms with Crippen LogP contribution in [0.1, 0.15) is 46.0 Å². The van der Waals surface area contributed by atoms with Gasteiger partial charge in [-0.15, -0.1) is 0 Å². The van der Waals surface area contributed by atoms with Crippen LogP contribution in [0.4, 0.5) is 4.79 Å². The van der Waals surface area contributed by atoms with Gasteiger partial charge in [-0.25, -0.2) is 4.79 Å². The van der Waals surface area contributed by atoms with E-state index in [0.29, 0.717) is 12.5 Å². The fraction of sp³-hybridized carbons (Fsp3) is 0.857. The van der Waals surface area contributed by atoms with Crippen molar-refractivity contribution in [3.05, 3.63) is 0 Å². The molecule has 0 aromatic carbocycles. The van der Waals surface area contributed by atoms with Gasteiger partial charge in [-0.3, -0.25) is 4.79 Å². The van der Waals surface area contributed by atoms with Crippen LogP contribution in [0.25, 0.3) is 0 Å². The van der Waals surface area contributed by atoms with Crippen LogP contribution in [-0.2, 0) is 4.79 Å². The molecule has 0 heterocycles. The van der Waals surface area contributed by atoms with Crippen molar-refractivity contribution in [3.63, 3.8) is 0 Å². The molecule has 0 aliphatic heterocycles. The summed E-state index contributed by atoms with van der Waals surface area (Å²) < 4.78 is 0. The first-order valence-electron chi connectivity index (χ1n) is 7.20. The molecule has 1 N–H and O–H groups in total. The highest BCUT2D eigenvalue weighted by molar-refractivity contribution is 5.80. The molecule has 5 nitrogen and oxygen atoms in total. The highest BCUT2D eigenvalue weighted by Crippen LogP contribution is 2.27. The SMILES string of the molecule is CCCN(CC(=O)O)C(=O)N(C)C1CCCCC1C. The summed E-state index contributed by atoms with van der Waals surface area (Å²) in [6.45, 7) is 4.41. The first-order valence-corrected chi connectivity index (χ1v) is 7.20. The standard InChI is InChI=1S/C14H26N2O3/c1-4-9-16(10-13(17)18)14(19)15(3)12-8-6-5-7-11(12)2/h11-12H,4-10H2,1-3H3,(H,17,18). The predicted molar refractivity (Wildman–Crippen MR) is 74.1 cm³/mol. The number of rotatable bonds is 5. The zero-order valence-electron chi connectivity index (χ0n) is 12.3. The van der Waals surface area contributed by atoms with Crippen molar-refractivity contribution in [2.24, 2.45) is 5.92 Å². The van der Waals surface area contributed by atoms with E-state index in [4.69, 9.17) is 5.11 Å². The maximum Gasteiger partial charge on any atom is 0.323 e. The molecule has 110 valence electrons. The maximum atomic E-state index is 12.4. The van der Waals surface area contributed by atoms with Crippen LogP contribution < -0.4 is 0 Å². The highest BCUT2D eigenvalue weighted by Gasteiger charge is 2.30. The summed E-state index contributed by atoms with van der Waals surface area (Å²) in [6, 6.07) is 0.0948. The largest absolute Gasteiger partial charge is 0.480 e. The molecule has 5 heteroatoms. The first-order chi connectivity index (χ1) is 8.97. The van der Waals surface area contributed by atoms with Crippen molar-refractivity contribution in [1.82, 2.24) is 9.80 Å². The molecule has 0 bridgehead atoms. The van der Waals surface area contributed by atoms with E-state index in [2.05, 4.69) is 6.92 Å². The van der Waals surface area contributed by atoms with Crippen LogP contribution in [0.15, 0.2) is 0 Å². The molecule has 1 aliphatic rings. The molecule has 1 rings (SSSR count). The van der Waals surface area contributed by atoms with Crippen molar-refractivity contribution in [2.75, 3.05) is 20.1 Å². The average molecular weight is 270 g/mol. The molecule has 19 heavy (non-hydrogen) atoms. The Morgan fingerprint density at radius 2 is 1.89 bits per heavy atom. The predicted octanol–water partition coefficient (Wildman–Crippen LogP) is 2.41. The molecule has 2 unspecified atom stereocenters. The van der Waals surface area contributed by atoms with E-state index in [0.717, 1.165) is 25.7 Å². The Hall–Kier alpha value is -1.26. The lowest BCUT2D eigenvalue weighted by Gasteiger charge is -2.38. The fourth-order valence-corrected chi connectivity index (χ4v) is 2.91. The zero-order valence-corrected chi connectivity index (χ0v) is 12.3. The summed E-state index contributed by atoms with van der Waals surface area (Å²) in [4.78, 5) is 26.4. The van der Waals surface area contributed by atoms with Gasteiger partial charge >= 0.3 is 12.0 Å². The Kier molecular flexibility index (Phi) is 6.12. The van der Waals surface area contributed by atoms with Gasteiger partial charge in [-0.2, -0.15) is 0 Å². The van der Waals surface area contributed by atoms with Gasteiger partial charge in [0.15, 0.2) is 0 Å². The van der Waals surface area contributed by atoms with E-state index in [1.165, 1.54) is 11.3 Å². The van der Waals surface area contributed by atoms with Crippen molar-refractivity contribution in [2.45, 2.75) is 52.0 Å². The van der Waals surface area contributed by atoms with Crippen LogP contribution in [0.2, 0.25) is 0 Å². The zero-order chi connectivity index (χ0) is 14.4. The lowest BCUT2D eigenvalue weighted by molar-refractivity contribution is -0.137. The van der Waals surface area contributed by atoms with Crippen LogP contribution in [0, 0.1) is 5.92 Å². The van der Waals surface area contributed by atoms with Gasteiger partial charge < -0.3 is 14.9 Å². The van der Waals surface area contributed by atoms with Crippen molar-refractivity contribution >= 4 is 12.0 Å². The molecular weight excluding hydrogens is 244 g/mol. The number of hydrogen-bond donors (Lipinski definition) is 1. The number of carboxylic acids is 1.